The van der Waals surface area contributed by atoms with Gasteiger partial charge in [0.15, 0.2) is 11.6 Å². The molecule has 2 unspecified atom stereocenters. The van der Waals surface area contributed by atoms with Gasteiger partial charge < -0.3 is 9.13 Å². The Morgan fingerprint density at radius 2 is 0.598 bits per heavy atom. The Hall–Kier alpha value is -11.0. The van der Waals surface area contributed by atoms with Gasteiger partial charge in [-0.1, -0.05) is 158 Å². The number of fused-ring (bicyclic) bond motifs is 6. The molecular weight excluding hydrogens is 1000 g/mol. The summed E-state index contributed by atoms with van der Waals surface area (Å²) in [4.78, 5) is 30.5. The van der Waals surface area contributed by atoms with Crippen LogP contribution in [0.15, 0.2) is 267 Å². The maximum atomic E-state index is 5.36. The van der Waals surface area contributed by atoms with Crippen LogP contribution in [0.5, 0.6) is 0 Å². The van der Waals surface area contributed by atoms with Crippen molar-refractivity contribution in [1.82, 2.24) is 39.0 Å². The SMILES string of the molecule is c1ccc(-c2nc(-c3ccc4c(c3)C3c5ccccc5C4c4cc(-c5cc(-c6ccc7c(c6)c6cnccc6n7-c6ccccc6)nc(-c6ccccc6)n5)ccc43)cc(-c3ccc4c(c3)c3cnccc3n4-c3ccccc3)n2)cc1. The van der Waals surface area contributed by atoms with Crippen molar-refractivity contribution in [3.63, 3.8) is 0 Å². The van der Waals surface area contributed by atoms with Crippen molar-refractivity contribution in [3.05, 3.63) is 301 Å². The summed E-state index contributed by atoms with van der Waals surface area (Å²) < 4.78 is 4.63. The van der Waals surface area contributed by atoms with Crippen molar-refractivity contribution >= 4 is 43.6 Å². The number of rotatable bonds is 8. The molecule has 0 spiro atoms. The first-order valence-corrected chi connectivity index (χ1v) is 27.8. The van der Waals surface area contributed by atoms with E-state index in [2.05, 4.69) is 250 Å². The van der Waals surface area contributed by atoms with E-state index in [1.165, 1.54) is 33.4 Å². The van der Waals surface area contributed by atoms with Crippen LogP contribution in [0.25, 0.3) is 123 Å². The molecular formula is C74H46N8. The summed E-state index contributed by atoms with van der Waals surface area (Å²) in [7, 11) is 0. The molecule has 3 aliphatic rings. The lowest BCUT2D eigenvalue weighted by atomic mass is 9.60. The van der Waals surface area contributed by atoms with Crippen LogP contribution in [0.3, 0.4) is 0 Å². The minimum absolute atomic E-state index is 0.0214. The first-order chi connectivity index (χ1) is 40.6. The molecule has 8 heteroatoms. The Kier molecular flexibility index (Phi) is 10.3. The zero-order valence-corrected chi connectivity index (χ0v) is 44.1. The molecule has 6 heterocycles. The van der Waals surface area contributed by atoms with E-state index in [0.29, 0.717) is 11.6 Å². The number of pyridine rings is 2. The Bertz CT molecular complexity index is 4730. The monoisotopic (exact) mass is 1050 g/mol. The van der Waals surface area contributed by atoms with Crippen molar-refractivity contribution in [2.45, 2.75) is 11.8 Å². The third kappa shape index (κ3) is 7.24. The van der Waals surface area contributed by atoms with Crippen molar-refractivity contribution in [3.8, 4) is 79.2 Å². The topological polar surface area (TPSA) is 87.2 Å². The molecule has 18 rings (SSSR count). The fourth-order valence-electron chi connectivity index (χ4n) is 13.2. The van der Waals surface area contributed by atoms with Gasteiger partial charge in [-0.3, -0.25) is 9.97 Å². The molecule has 15 aromatic rings. The third-order valence-electron chi connectivity index (χ3n) is 16.9. The number of hydrogen-bond acceptors (Lipinski definition) is 6. The second-order valence-electron chi connectivity index (χ2n) is 21.4. The Balaban J connectivity index is 0.783. The van der Waals surface area contributed by atoms with Crippen molar-refractivity contribution in [1.29, 1.82) is 0 Å². The van der Waals surface area contributed by atoms with Crippen LogP contribution >= 0.6 is 0 Å². The number of nitrogens with zero attached hydrogens (tertiary/aromatic N) is 8. The summed E-state index contributed by atoms with van der Waals surface area (Å²) in [5.41, 5.74) is 24.1. The Morgan fingerprint density at radius 3 is 1.01 bits per heavy atom. The van der Waals surface area contributed by atoms with Crippen LogP contribution in [0.4, 0.5) is 0 Å². The highest BCUT2D eigenvalue weighted by Gasteiger charge is 2.41. The molecule has 82 heavy (non-hydrogen) atoms. The van der Waals surface area contributed by atoms with Gasteiger partial charge in [-0.25, -0.2) is 19.9 Å². The Morgan fingerprint density at radius 1 is 0.256 bits per heavy atom. The fourth-order valence-corrected chi connectivity index (χ4v) is 13.2. The van der Waals surface area contributed by atoms with Crippen LogP contribution < -0.4 is 0 Å². The molecule has 0 saturated carbocycles. The third-order valence-corrected chi connectivity index (χ3v) is 16.9. The summed E-state index contributed by atoms with van der Waals surface area (Å²) in [6.45, 7) is 0. The van der Waals surface area contributed by atoms with E-state index in [4.69, 9.17) is 19.9 Å². The number of para-hydroxylation sites is 2. The van der Waals surface area contributed by atoms with E-state index in [9.17, 15) is 0 Å². The van der Waals surface area contributed by atoms with Gasteiger partial charge in [0.05, 0.1) is 44.8 Å². The Labute approximate surface area is 472 Å². The highest BCUT2D eigenvalue weighted by Crippen LogP contribution is 2.57. The molecule has 0 N–H and O–H groups in total. The van der Waals surface area contributed by atoms with Gasteiger partial charge in [0.1, 0.15) is 0 Å². The van der Waals surface area contributed by atoms with Gasteiger partial charge in [-0.2, -0.15) is 0 Å². The molecule has 0 aliphatic heterocycles. The first-order valence-electron chi connectivity index (χ1n) is 27.8. The predicted molar refractivity (Wildman–Crippen MR) is 329 cm³/mol. The lowest BCUT2D eigenvalue weighted by Crippen LogP contribution is -2.27. The fraction of sp³-hybridized carbons (Fsp3) is 0.0270. The van der Waals surface area contributed by atoms with E-state index in [1.54, 1.807) is 0 Å². The normalized spacial score (nSPS) is 14.1. The van der Waals surface area contributed by atoms with Crippen LogP contribution in [-0.2, 0) is 0 Å². The summed E-state index contributed by atoms with van der Waals surface area (Å²) >= 11 is 0. The van der Waals surface area contributed by atoms with E-state index >= 15 is 0 Å². The summed E-state index contributed by atoms with van der Waals surface area (Å²) in [5.74, 6) is 1.41. The highest BCUT2D eigenvalue weighted by atomic mass is 15.0. The molecule has 6 aromatic heterocycles. The molecule has 8 nitrogen and oxygen atoms in total. The smallest absolute Gasteiger partial charge is 0.160 e. The lowest BCUT2D eigenvalue weighted by molar-refractivity contribution is 0.755. The van der Waals surface area contributed by atoms with Gasteiger partial charge in [-0.15, -0.1) is 0 Å². The van der Waals surface area contributed by atoms with Gasteiger partial charge in [0.2, 0.25) is 0 Å². The highest BCUT2D eigenvalue weighted by molar-refractivity contribution is 6.11. The van der Waals surface area contributed by atoms with Crippen LogP contribution in [0, 0.1) is 0 Å². The average molecular weight is 1050 g/mol. The first kappa shape index (κ1) is 46.0. The van der Waals surface area contributed by atoms with Crippen LogP contribution in [-0.4, -0.2) is 39.0 Å². The summed E-state index contributed by atoms with van der Waals surface area (Å²) in [6.07, 6.45) is 7.68. The molecule has 2 atom stereocenters. The molecule has 382 valence electrons. The second kappa shape index (κ2) is 18.3. The molecule has 2 bridgehead atoms. The maximum absolute atomic E-state index is 5.36. The molecule has 0 radical (unpaired) electrons. The number of aromatic nitrogens is 8. The standard InChI is InChI=1S/C74H46N8/c1-5-15-45(16-6-1)73-77-63(41-65(79-73)49-27-31-67-57(37-49)61-43-75-35-33-69(61)81(67)51-19-9-3-10-20-51)47-25-29-55-59(39-47)71-53-23-13-14-24-54(53)72(55)60-40-48(26-30-56(60)71)64-42-66(80-74(78-64)46-17-7-2-8-18-46)50-28-32-68-58(38-50)62-44-76-36-34-70(62)82(68)52-21-11-4-12-22-52/h1-44,71-72H. The van der Waals surface area contributed by atoms with Gasteiger partial charge in [0.25, 0.3) is 0 Å². The summed E-state index contributed by atoms with van der Waals surface area (Å²) in [6, 6.07) is 86.6. The van der Waals surface area contributed by atoms with Crippen molar-refractivity contribution in [2.75, 3.05) is 0 Å². The average Bonchev–Trinajstić information content (AvgIpc) is 1.91. The van der Waals surface area contributed by atoms with Crippen LogP contribution in [0.1, 0.15) is 45.2 Å². The molecule has 3 aliphatic carbocycles. The minimum atomic E-state index is 0.0214. The second-order valence-corrected chi connectivity index (χ2v) is 21.4. The van der Waals surface area contributed by atoms with E-state index in [-0.39, 0.29) is 11.8 Å². The van der Waals surface area contributed by atoms with Gasteiger partial charge in [0, 0.05) is 103 Å². The zero-order chi connectivity index (χ0) is 53.8. The molecule has 0 saturated heterocycles. The molecule has 0 fully saturated rings. The quantitative estimate of drug-likeness (QED) is 0.151. The van der Waals surface area contributed by atoms with Crippen molar-refractivity contribution in [2.24, 2.45) is 0 Å². The zero-order valence-electron chi connectivity index (χ0n) is 44.1. The summed E-state index contributed by atoms with van der Waals surface area (Å²) in [5, 5.41) is 4.42. The van der Waals surface area contributed by atoms with E-state index in [0.717, 1.165) is 111 Å². The molecule has 0 amide bonds. The largest absolute Gasteiger partial charge is 0.309 e. The maximum Gasteiger partial charge on any atom is 0.160 e. The van der Waals surface area contributed by atoms with E-state index < -0.39 is 0 Å². The van der Waals surface area contributed by atoms with E-state index in [1.807, 2.05) is 36.9 Å². The van der Waals surface area contributed by atoms with Gasteiger partial charge >= 0.3 is 0 Å². The predicted octanol–water partition coefficient (Wildman–Crippen LogP) is 17.2. The van der Waals surface area contributed by atoms with Crippen molar-refractivity contribution < 1.29 is 0 Å². The van der Waals surface area contributed by atoms with Crippen LogP contribution in [0.2, 0.25) is 0 Å². The van der Waals surface area contributed by atoms with Gasteiger partial charge in [-0.05, 0) is 118 Å². The number of benzene rings is 9. The lowest BCUT2D eigenvalue weighted by Gasteiger charge is -2.42. The minimum Gasteiger partial charge on any atom is -0.309 e. The molecule has 9 aromatic carbocycles. The number of hydrogen-bond donors (Lipinski definition) is 0.